The van der Waals surface area contributed by atoms with Crippen LogP contribution in [0.25, 0.3) is 0 Å². The zero-order chi connectivity index (χ0) is 11.8. The lowest BCUT2D eigenvalue weighted by atomic mass is 10.1. The van der Waals surface area contributed by atoms with Crippen LogP contribution in [-0.2, 0) is 5.54 Å². The van der Waals surface area contributed by atoms with Crippen molar-refractivity contribution in [1.29, 1.82) is 0 Å². The van der Waals surface area contributed by atoms with Gasteiger partial charge in [0.05, 0.1) is 0 Å². The Morgan fingerprint density at radius 2 is 2.19 bits per heavy atom. The summed E-state index contributed by atoms with van der Waals surface area (Å²) in [7, 11) is 0. The molecule has 1 aliphatic carbocycles. The van der Waals surface area contributed by atoms with Crippen LogP contribution in [0, 0.1) is 5.92 Å². The van der Waals surface area contributed by atoms with Crippen LogP contribution in [-0.4, -0.2) is 16.1 Å². The van der Waals surface area contributed by atoms with Crippen molar-refractivity contribution in [1.82, 2.24) is 9.55 Å². The molecule has 0 amide bonds. The highest BCUT2D eigenvalue weighted by Gasteiger charge is 2.22. The SMILES string of the molecule is CC(C)(C)n1ccnc(NCC2CC2)c1=O. The lowest BCUT2D eigenvalue weighted by Gasteiger charge is -2.22. The highest BCUT2D eigenvalue weighted by molar-refractivity contribution is 5.31. The molecule has 0 unspecified atom stereocenters. The smallest absolute Gasteiger partial charge is 0.293 e. The number of aromatic nitrogens is 2. The summed E-state index contributed by atoms with van der Waals surface area (Å²) < 4.78 is 1.72. The van der Waals surface area contributed by atoms with Gasteiger partial charge in [0.1, 0.15) is 0 Å². The molecule has 1 saturated carbocycles. The Balaban J connectivity index is 2.21. The molecule has 1 aromatic rings. The largest absolute Gasteiger partial charge is 0.365 e. The monoisotopic (exact) mass is 221 g/mol. The van der Waals surface area contributed by atoms with E-state index in [1.807, 2.05) is 20.8 Å². The summed E-state index contributed by atoms with van der Waals surface area (Å²) >= 11 is 0. The fraction of sp³-hybridized carbons (Fsp3) is 0.667. The first kappa shape index (κ1) is 11.2. The fourth-order valence-electron chi connectivity index (χ4n) is 1.62. The predicted molar refractivity (Wildman–Crippen MR) is 64.7 cm³/mol. The van der Waals surface area contributed by atoms with Gasteiger partial charge in [0, 0.05) is 24.5 Å². The summed E-state index contributed by atoms with van der Waals surface area (Å²) in [5.41, 5.74) is -0.230. The van der Waals surface area contributed by atoms with Gasteiger partial charge in [0.15, 0.2) is 5.82 Å². The number of rotatable bonds is 3. The number of hydrogen-bond donors (Lipinski definition) is 1. The Kier molecular flexibility index (Phi) is 2.74. The first-order valence-corrected chi connectivity index (χ1v) is 5.80. The van der Waals surface area contributed by atoms with E-state index in [1.165, 1.54) is 12.8 Å². The maximum absolute atomic E-state index is 12.1. The van der Waals surface area contributed by atoms with E-state index in [9.17, 15) is 4.79 Å². The molecule has 1 aliphatic rings. The van der Waals surface area contributed by atoms with E-state index in [1.54, 1.807) is 17.0 Å². The highest BCUT2D eigenvalue weighted by atomic mass is 16.1. The third kappa shape index (κ3) is 2.43. The predicted octanol–water partition coefficient (Wildman–Crippen LogP) is 1.82. The molecule has 0 aliphatic heterocycles. The summed E-state index contributed by atoms with van der Waals surface area (Å²) in [5, 5.41) is 3.14. The molecule has 4 heteroatoms. The third-order valence-electron chi connectivity index (χ3n) is 2.82. The Morgan fingerprint density at radius 3 is 2.75 bits per heavy atom. The second-order valence-corrected chi connectivity index (χ2v) is 5.45. The lowest BCUT2D eigenvalue weighted by molar-refractivity contribution is 0.383. The topological polar surface area (TPSA) is 46.9 Å². The average molecular weight is 221 g/mol. The Labute approximate surface area is 95.7 Å². The van der Waals surface area contributed by atoms with Crippen molar-refractivity contribution in [3.63, 3.8) is 0 Å². The van der Waals surface area contributed by atoms with Crippen molar-refractivity contribution < 1.29 is 0 Å². The number of nitrogens with one attached hydrogen (secondary N) is 1. The van der Waals surface area contributed by atoms with Gasteiger partial charge < -0.3 is 9.88 Å². The molecule has 1 heterocycles. The fourth-order valence-corrected chi connectivity index (χ4v) is 1.62. The molecule has 0 radical (unpaired) electrons. The molecule has 2 rings (SSSR count). The summed E-state index contributed by atoms with van der Waals surface area (Å²) in [6.07, 6.45) is 5.97. The highest BCUT2D eigenvalue weighted by Crippen LogP contribution is 2.28. The van der Waals surface area contributed by atoms with Crippen molar-refractivity contribution in [2.75, 3.05) is 11.9 Å². The quantitative estimate of drug-likeness (QED) is 0.847. The number of hydrogen-bond acceptors (Lipinski definition) is 3. The lowest BCUT2D eigenvalue weighted by Crippen LogP contribution is -2.35. The second-order valence-electron chi connectivity index (χ2n) is 5.45. The van der Waals surface area contributed by atoms with E-state index < -0.39 is 0 Å². The first-order chi connectivity index (χ1) is 7.48. The molecule has 0 bridgehead atoms. The molecule has 1 fully saturated rings. The minimum absolute atomic E-state index is 0.0318. The minimum atomic E-state index is -0.198. The van der Waals surface area contributed by atoms with Gasteiger partial charge in [-0.2, -0.15) is 0 Å². The second kappa shape index (κ2) is 3.92. The minimum Gasteiger partial charge on any atom is -0.365 e. The van der Waals surface area contributed by atoms with Crippen molar-refractivity contribution in [3.8, 4) is 0 Å². The molecule has 88 valence electrons. The summed E-state index contributed by atoms with van der Waals surface area (Å²) in [5.74, 6) is 1.22. The van der Waals surface area contributed by atoms with Gasteiger partial charge in [0.25, 0.3) is 5.56 Å². The van der Waals surface area contributed by atoms with Gasteiger partial charge in [-0.05, 0) is 39.5 Å². The molecule has 0 atom stereocenters. The van der Waals surface area contributed by atoms with Gasteiger partial charge in [-0.15, -0.1) is 0 Å². The first-order valence-electron chi connectivity index (χ1n) is 5.80. The van der Waals surface area contributed by atoms with Crippen molar-refractivity contribution in [3.05, 3.63) is 22.7 Å². The van der Waals surface area contributed by atoms with Gasteiger partial charge in [0.2, 0.25) is 0 Å². The molecule has 0 saturated heterocycles. The zero-order valence-corrected chi connectivity index (χ0v) is 10.2. The van der Waals surface area contributed by atoms with Gasteiger partial charge >= 0.3 is 0 Å². The summed E-state index contributed by atoms with van der Waals surface area (Å²) in [4.78, 5) is 16.2. The Morgan fingerprint density at radius 1 is 1.50 bits per heavy atom. The van der Waals surface area contributed by atoms with Gasteiger partial charge in [-0.3, -0.25) is 4.79 Å². The van der Waals surface area contributed by atoms with Crippen LogP contribution in [0.1, 0.15) is 33.6 Å². The average Bonchev–Trinajstić information content (AvgIpc) is 2.98. The molecule has 1 aromatic heterocycles. The van der Waals surface area contributed by atoms with Gasteiger partial charge in [-0.25, -0.2) is 4.98 Å². The molecular weight excluding hydrogens is 202 g/mol. The van der Waals surface area contributed by atoms with E-state index in [4.69, 9.17) is 0 Å². The normalized spacial score (nSPS) is 16.2. The third-order valence-corrected chi connectivity index (χ3v) is 2.82. The zero-order valence-electron chi connectivity index (χ0n) is 10.2. The van der Waals surface area contributed by atoms with E-state index in [-0.39, 0.29) is 11.1 Å². The van der Waals surface area contributed by atoms with E-state index in [0.29, 0.717) is 5.82 Å². The van der Waals surface area contributed by atoms with Crippen molar-refractivity contribution in [2.45, 2.75) is 39.2 Å². The maximum atomic E-state index is 12.1. The Hall–Kier alpha value is -1.32. The van der Waals surface area contributed by atoms with E-state index in [2.05, 4.69) is 10.3 Å². The van der Waals surface area contributed by atoms with Crippen molar-refractivity contribution >= 4 is 5.82 Å². The summed E-state index contributed by atoms with van der Waals surface area (Å²) in [6, 6.07) is 0. The van der Waals surface area contributed by atoms with Crippen LogP contribution < -0.4 is 10.9 Å². The number of nitrogens with zero attached hydrogens (tertiary/aromatic N) is 2. The maximum Gasteiger partial charge on any atom is 0.293 e. The summed E-state index contributed by atoms with van der Waals surface area (Å²) in [6.45, 7) is 6.91. The van der Waals surface area contributed by atoms with Crippen LogP contribution in [0.15, 0.2) is 17.2 Å². The van der Waals surface area contributed by atoms with Crippen LogP contribution in [0.3, 0.4) is 0 Å². The standard InChI is InChI=1S/C12H19N3O/c1-12(2,3)15-7-6-13-10(11(15)16)14-8-9-4-5-9/h6-7,9H,4-5,8H2,1-3H3,(H,13,14). The number of anilines is 1. The molecule has 4 nitrogen and oxygen atoms in total. The van der Waals surface area contributed by atoms with E-state index in [0.717, 1.165) is 12.5 Å². The molecular formula is C12H19N3O. The van der Waals surface area contributed by atoms with E-state index >= 15 is 0 Å². The van der Waals surface area contributed by atoms with Crippen LogP contribution in [0.4, 0.5) is 5.82 Å². The molecule has 16 heavy (non-hydrogen) atoms. The van der Waals surface area contributed by atoms with Crippen LogP contribution >= 0.6 is 0 Å². The molecule has 1 N–H and O–H groups in total. The molecule has 0 aromatic carbocycles. The molecule has 0 spiro atoms. The van der Waals surface area contributed by atoms with Crippen LogP contribution in [0.5, 0.6) is 0 Å². The van der Waals surface area contributed by atoms with Crippen molar-refractivity contribution in [2.24, 2.45) is 5.92 Å². The Bertz CT molecular complexity index is 427. The van der Waals surface area contributed by atoms with Crippen LogP contribution in [0.2, 0.25) is 0 Å². The van der Waals surface area contributed by atoms with Gasteiger partial charge in [-0.1, -0.05) is 0 Å².